The van der Waals surface area contributed by atoms with E-state index in [1.54, 1.807) is 36.4 Å². The fourth-order valence-corrected chi connectivity index (χ4v) is 5.95. The van der Waals surface area contributed by atoms with E-state index >= 15 is 0 Å². The van der Waals surface area contributed by atoms with Crippen molar-refractivity contribution in [3.05, 3.63) is 87.9 Å². The number of carbonyl (C=O) groups is 2. The zero-order valence-electron chi connectivity index (χ0n) is 19.4. The minimum atomic E-state index is -4.19. The fraction of sp³-hybridized carbons (Fsp3) is 0.200. The molecular weight excluding hydrogens is 527 g/mol. The number of rotatable bonds is 5. The van der Waals surface area contributed by atoms with Gasteiger partial charge in [-0.1, -0.05) is 47.5 Å². The highest BCUT2D eigenvalue weighted by Crippen LogP contribution is 2.34. The molecule has 11 heteroatoms. The molecule has 0 aliphatic carbocycles. The second-order valence-corrected chi connectivity index (χ2v) is 10.6. The Balaban J connectivity index is 1.85. The van der Waals surface area contributed by atoms with Crippen LogP contribution >= 0.6 is 23.2 Å². The van der Waals surface area contributed by atoms with Gasteiger partial charge in [-0.3, -0.25) is 9.59 Å². The molecule has 3 aromatic rings. The van der Waals surface area contributed by atoms with Gasteiger partial charge in [0, 0.05) is 12.2 Å². The number of methoxy groups -OCH3 is 2. The molecule has 0 N–H and O–H groups in total. The van der Waals surface area contributed by atoms with Crippen LogP contribution in [0.2, 0.25) is 10.0 Å². The van der Waals surface area contributed by atoms with Crippen LogP contribution < -0.4 is 9.64 Å². The maximum Gasteiger partial charge on any atom is 0.326 e. The van der Waals surface area contributed by atoms with Gasteiger partial charge in [-0.25, -0.2) is 8.42 Å². The number of para-hydroxylation sites is 1. The Hall–Kier alpha value is -3.11. The van der Waals surface area contributed by atoms with E-state index in [1.165, 1.54) is 49.5 Å². The van der Waals surface area contributed by atoms with Crippen molar-refractivity contribution in [1.82, 2.24) is 4.31 Å². The van der Waals surface area contributed by atoms with Crippen molar-refractivity contribution in [2.75, 3.05) is 25.7 Å². The van der Waals surface area contributed by atoms with Crippen molar-refractivity contribution in [3.63, 3.8) is 0 Å². The molecule has 0 saturated heterocycles. The van der Waals surface area contributed by atoms with E-state index in [4.69, 9.17) is 32.7 Å². The maximum atomic E-state index is 13.8. The first-order valence-electron chi connectivity index (χ1n) is 10.8. The van der Waals surface area contributed by atoms with Gasteiger partial charge >= 0.3 is 5.97 Å². The number of halogens is 2. The Labute approximate surface area is 219 Å². The van der Waals surface area contributed by atoms with Crippen LogP contribution in [0, 0.1) is 0 Å². The van der Waals surface area contributed by atoms with Crippen LogP contribution in [0.5, 0.6) is 5.75 Å². The van der Waals surface area contributed by atoms with E-state index in [2.05, 4.69) is 0 Å². The van der Waals surface area contributed by atoms with E-state index in [0.29, 0.717) is 17.0 Å². The lowest BCUT2D eigenvalue weighted by Gasteiger charge is -2.29. The monoisotopic (exact) mass is 548 g/mol. The number of esters is 1. The molecule has 8 nitrogen and oxygen atoms in total. The van der Waals surface area contributed by atoms with Crippen molar-refractivity contribution < 1.29 is 27.5 Å². The second-order valence-electron chi connectivity index (χ2n) is 7.91. The summed E-state index contributed by atoms with van der Waals surface area (Å²) in [7, 11) is -1.56. The molecule has 0 aromatic heterocycles. The molecule has 1 amide bonds. The number of fused-ring (bicyclic) bond motifs is 1. The number of sulfonamides is 1. The molecule has 0 spiro atoms. The lowest BCUT2D eigenvalue weighted by molar-refractivity contribution is -0.144. The summed E-state index contributed by atoms with van der Waals surface area (Å²) in [6.45, 7) is -0.474. The summed E-state index contributed by atoms with van der Waals surface area (Å²) in [5, 5.41) is 0.252. The molecule has 1 unspecified atom stereocenters. The van der Waals surface area contributed by atoms with Crippen molar-refractivity contribution in [3.8, 4) is 5.75 Å². The lowest BCUT2D eigenvalue weighted by Crippen LogP contribution is -2.50. The van der Waals surface area contributed by atoms with E-state index < -0.39 is 27.9 Å². The number of anilines is 1. The second kappa shape index (κ2) is 10.5. The third-order valence-corrected chi connectivity index (χ3v) is 8.57. The van der Waals surface area contributed by atoms with Gasteiger partial charge < -0.3 is 14.4 Å². The van der Waals surface area contributed by atoms with Gasteiger partial charge in [-0.2, -0.15) is 4.31 Å². The molecule has 3 aromatic carbocycles. The molecule has 0 bridgehead atoms. The van der Waals surface area contributed by atoms with Crippen LogP contribution in [-0.4, -0.2) is 51.4 Å². The largest absolute Gasteiger partial charge is 0.497 e. The maximum absolute atomic E-state index is 13.8. The number of ether oxygens (including phenoxy) is 2. The fourth-order valence-electron chi connectivity index (χ4n) is 4.02. The predicted molar refractivity (Wildman–Crippen MR) is 136 cm³/mol. The molecule has 0 radical (unpaired) electrons. The molecule has 1 heterocycles. The molecule has 0 fully saturated rings. The van der Waals surface area contributed by atoms with Crippen LogP contribution in [0.25, 0.3) is 0 Å². The van der Waals surface area contributed by atoms with E-state index in [9.17, 15) is 18.0 Å². The van der Waals surface area contributed by atoms with E-state index in [0.717, 1.165) is 4.31 Å². The minimum Gasteiger partial charge on any atom is -0.497 e. The highest BCUT2D eigenvalue weighted by Gasteiger charge is 2.42. The Kier molecular flexibility index (Phi) is 7.56. The standard InChI is InChI=1S/C25H22Cl2N2O6S/c1-34-17-10-12-18(13-11-17)36(32,33)29-14-16-6-3-4-9-21(16)28(15-22(29)25(31)35-2)24(30)19-7-5-8-20(26)23(19)27/h3-13,22H,14-15H2,1-2H3. The molecule has 188 valence electrons. The van der Waals surface area contributed by atoms with Crippen LogP contribution in [0.15, 0.2) is 71.6 Å². The average molecular weight is 549 g/mol. The summed E-state index contributed by atoms with van der Waals surface area (Å²) >= 11 is 12.4. The van der Waals surface area contributed by atoms with E-state index in [1.807, 2.05) is 0 Å². The number of hydrogen-bond acceptors (Lipinski definition) is 6. The Bertz CT molecular complexity index is 1410. The highest BCUT2D eigenvalue weighted by atomic mass is 35.5. The minimum absolute atomic E-state index is 0.0349. The summed E-state index contributed by atoms with van der Waals surface area (Å²) in [5.41, 5.74) is 1.08. The molecule has 4 rings (SSSR count). The predicted octanol–water partition coefficient (Wildman–Crippen LogP) is 4.39. The van der Waals surface area contributed by atoms with Crippen molar-refractivity contribution in [1.29, 1.82) is 0 Å². The lowest BCUT2D eigenvalue weighted by atomic mass is 10.1. The normalized spacial score (nSPS) is 16.1. The van der Waals surface area contributed by atoms with Crippen LogP contribution in [0.4, 0.5) is 5.69 Å². The van der Waals surface area contributed by atoms with Gasteiger partial charge in [-0.15, -0.1) is 0 Å². The van der Waals surface area contributed by atoms with Gasteiger partial charge in [-0.05, 0) is 48.0 Å². The topological polar surface area (TPSA) is 93.2 Å². The molecule has 1 atom stereocenters. The number of nitrogens with zero attached hydrogens (tertiary/aromatic N) is 2. The first kappa shape index (κ1) is 26.0. The van der Waals surface area contributed by atoms with Crippen molar-refractivity contribution in [2.24, 2.45) is 0 Å². The first-order valence-corrected chi connectivity index (χ1v) is 13.0. The van der Waals surface area contributed by atoms with Crippen LogP contribution in [0.1, 0.15) is 15.9 Å². The number of benzene rings is 3. The zero-order chi connectivity index (χ0) is 26.0. The van der Waals surface area contributed by atoms with Gasteiger partial charge in [0.2, 0.25) is 10.0 Å². The number of carbonyl (C=O) groups excluding carboxylic acids is 2. The zero-order valence-corrected chi connectivity index (χ0v) is 21.7. The van der Waals surface area contributed by atoms with Gasteiger partial charge in [0.25, 0.3) is 5.91 Å². The van der Waals surface area contributed by atoms with Crippen LogP contribution in [-0.2, 0) is 26.1 Å². The van der Waals surface area contributed by atoms with E-state index in [-0.39, 0.29) is 33.6 Å². The van der Waals surface area contributed by atoms with Gasteiger partial charge in [0.15, 0.2) is 0 Å². The third kappa shape index (κ3) is 4.79. The summed E-state index contributed by atoms with van der Waals surface area (Å²) in [5.74, 6) is -0.864. The van der Waals surface area contributed by atoms with Crippen molar-refractivity contribution >= 4 is 50.8 Å². The van der Waals surface area contributed by atoms with Crippen molar-refractivity contribution in [2.45, 2.75) is 17.5 Å². The molecule has 1 aliphatic rings. The molecule has 1 aliphatic heterocycles. The number of amides is 1. The van der Waals surface area contributed by atoms with Gasteiger partial charge in [0.05, 0.1) is 41.3 Å². The molecule has 0 saturated carbocycles. The summed E-state index contributed by atoms with van der Waals surface area (Å²) in [6, 6.07) is 16.0. The quantitative estimate of drug-likeness (QED) is 0.439. The van der Waals surface area contributed by atoms with Gasteiger partial charge in [0.1, 0.15) is 11.8 Å². The Morgan fingerprint density at radius 2 is 1.64 bits per heavy atom. The smallest absolute Gasteiger partial charge is 0.326 e. The molecule has 36 heavy (non-hydrogen) atoms. The SMILES string of the molecule is COC(=O)C1CN(C(=O)c2cccc(Cl)c2Cl)c2ccccc2CN1S(=O)(=O)c1ccc(OC)cc1. The molecular formula is C25H22Cl2N2O6S. The Morgan fingerprint density at radius 1 is 0.944 bits per heavy atom. The highest BCUT2D eigenvalue weighted by molar-refractivity contribution is 7.89. The Morgan fingerprint density at radius 3 is 2.31 bits per heavy atom. The summed E-state index contributed by atoms with van der Waals surface area (Å²) in [4.78, 5) is 27.9. The summed E-state index contributed by atoms with van der Waals surface area (Å²) < 4.78 is 38.7. The van der Waals surface area contributed by atoms with Crippen LogP contribution in [0.3, 0.4) is 0 Å². The third-order valence-electron chi connectivity index (χ3n) is 5.88. The number of hydrogen-bond donors (Lipinski definition) is 0. The average Bonchev–Trinajstić information content (AvgIpc) is 3.07. The first-order chi connectivity index (χ1) is 17.2. The summed E-state index contributed by atoms with van der Waals surface area (Å²) in [6.07, 6.45) is 0.